The summed E-state index contributed by atoms with van der Waals surface area (Å²) in [5, 5.41) is 0. The quantitative estimate of drug-likeness (QED) is 0.794. The Morgan fingerprint density at radius 3 is 2.90 bits per heavy atom. The third-order valence-electron chi connectivity index (χ3n) is 4.89. The van der Waals surface area contributed by atoms with Gasteiger partial charge in [-0.3, -0.25) is 14.8 Å². The molecule has 4 rings (SSSR count). The maximum absolute atomic E-state index is 12.9. The summed E-state index contributed by atoms with van der Waals surface area (Å²) in [5.41, 5.74) is 2.21. The van der Waals surface area contributed by atoms with Crippen LogP contribution < -0.4 is 0 Å². The molecule has 2 heterocycles. The van der Waals surface area contributed by atoms with Gasteiger partial charge in [-0.05, 0) is 44.2 Å². The summed E-state index contributed by atoms with van der Waals surface area (Å²) in [4.78, 5) is 21.6. The van der Waals surface area contributed by atoms with Crippen molar-refractivity contribution in [2.75, 3.05) is 6.61 Å². The number of nitrogens with zero attached hydrogens (tertiary/aromatic N) is 2. The standard InChI is InChI=1S/C17H18N2O2/c20-16(12-5-10-21-17(11-12)6-2-7-17)13-3-1-4-14-15(13)19-9-8-18-14/h1,3-4,8-9,12H,2,5-7,10-11H2. The van der Waals surface area contributed by atoms with Crippen molar-refractivity contribution in [1.29, 1.82) is 0 Å². The van der Waals surface area contributed by atoms with Gasteiger partial charge in [0.05, 0.1) is 16.6 Å². The molecule has 2 aromatic rings. The normalized spacial score (nSPS) is 23.9. The first-order chi connectivity index (χ1) is 10.3. The summed E-state index contributed by atoms with van der Waals surface area (Å²) in [6.07, 6.45) is 8.42. The highest BCUT2D eigenvalue weighted by atomic mass is 16.5. The molecule has 1 saturated carbocycles. The van der Waals surface area contributed by atoms with Crippen LogP contribution in [-0.2, 0) is 4.74 Å². The molecule has 1 unspecified atom stereocenters. The fourth-order valence-electron chi connectivity index (χ4n) is 3.58. The summed E-state index contributed by atoms with van der Waals surface area (Å²) in [6.45, 7) is 0.701. The van der Waals surface area contributed by atoms with E-state index in [0.29, 0.717) is 12.2 Å². The topological polar surface area (TPSA) is 52.1 Å². The van der Waals surface area contributed by atoms with Gasteiger partial charge >= 0.3 is 0 Å². The smallest absolute Gasteiger partial charge is 0.168 e. The Labute approximate surface area is 123 Å². The lowest BCUT2D eigenvalue weighted by atomic mass is 9.70. The lowest BCUT2D eigenvalue weighted by Gasteiger charge is -2.46. The van der Waals surface area contributed by atoms with Gasteiger partial charge in [0.2, 0.25) is 0 Å². The van der Waals surface area contributed by atoms with Gasteiger partial charge in [0.25, 0.3) is 0 Å². The molecule has 1 aliphatic carbocycles. The number of para-hydroxylation sites is 1. The molecule has 108 valence electrons. The number of ether oxygens (including phenoxy) is 1. The maximum atomic E-state index is 12.9. The summed E-state index contributed by atoms with van der Waals surface area (Å²) < 4.78 is 5.92. The molecule has 1 aromatic heterocycles. The first kappa shape index (κ1) is 12.9. The Morgan fingerprint density at radius 2 is 2.10 bits per heavy atom. The lowest BCUT2D eigenvalue weighted by Crippen LogP contribution is -2.47. The molecule has 21 heavy (non-hydrogen) atoms. The molecule has 1 atom stereocenters. The minimum Gasteiger partial charge on any atom is -0.375 e. The SMILES string of the molecule is O=C(c1cccc2nccnc12)C1CCOC2(CCC2)C1. The minimum absolute atomic E-state index is 0.00512. The van der Waals surface area contributed by atoms with E-state index in [1.807, 2.05) is 18.2 Å². The van der Waals surface area contributed by atoms with Crippen molar-refractivity contribution in [2.24, 2.45) is 5.92 Å². The summed E-state index contributed by atoms with van der Waals surface area (Å²) in [6, 6.07) is 5.67. The largest absolute Gasteiger partial charge is 0.375 e. The lowest BCUT2D eigenvalue weighted by molar-refractivity contribution is -0.137. The van der Waals surface area contributed by atoms with E-state index in [1.165, 1.54) is 6.42 Å². The zero-order valence-electron chi connectivity index (χ0n) is 11.9. The van der Waals surface area contributed by atoms with Crippen molar-refractivity contribution in [3.8, 4) is 0 Å². The van der Waals surface area contributed by atoms with Gasteiger partial charge in [0.15, 0.2) is 5.78 Å². The van der Waals surface area contributed by atoms with Gasteiger partial charge in [-0.2, -0.15) is 0 Å². The van der Waals surface area contributed by atoms with Crippen LogP contribution in [0.3, 0.4) is 0 Å². The highest BCUT2D eigenvalue weighted by Crippen LogP contribution is 2.45. The monoisotopic (exact) mass is 282 g/mol. The Balaban J connectivity index is 1.67. The Kier molecular flexibility index (Phi) is 3.00. The molecule has 0 radical (unpaired) electrons. The van der Waals surface area contributed by atoms with Gasteiger partial charge < -0.3 is 4.74 Å². The highest BCUT2D eigenvalue weighted by molar-refractivity contribution is 6.07. The number of fused-ring (bicyclic) bond motifs is 1. The number of ketones is 1. The van der Waals surface area contributed by atoms with Crippen LogP contribution in [0.1, 0.15) is 42.5 Å². The summed E-state index contributed by atoms with van der Waals surface area (Å²) in [7, 11) is 0. The van der Waals surface area contributed by atoms with E-state index >= 15 is 0 Å². The Morgan fingerprint density at radius 1 is 1.24 bits per heavy atom. The van der Waals surface area contributed by atoms with Gasteiger partial charge in [0.1, 0.15) is 0 Å². The number of aromatic nitrogens is 2. The number of carbonyl (C=O) groups is 1. The molecular formula is C17H18N2O2. The van der Waals surface area contributed by atoms with Crippen molar-refractivity contribution in [3.63, 3.8) is 0 Å². The van der Waals surface area contributed by atoms with Crippen LogP contribution in [0.2, 0.25) is 0 Å². The van der Waals surface area contributed by atoms with Crippen LogP contribution in [0.5, 0.6) is 0 Å². The van der Waals surface area contributed by atoms with Crippen LogP contribution >= 0.6 is 0 Å². The zero-order chi connectivity index (χ0) is 14.3. The van der Waals surface area contributed by atoms with Crippen molar-refractivity contribution in [3.05, 3.63) is 36.2 Å². The summed E-state index contributed by atoms with van der Waals surface area (Å²) in [5.74, 6) is 0.266. The molecule has 4 nitrogen and oxygen atoms in total. The molecule has 0 amide bonds. The predicted molar refractivity (Wildman–Crippen MR) is 79.1 cm³/mol. The van der Waals surface area contributed by atoms with E-state index in [4.69, 9.17) is 4.74 Å². The second kappa shape index (κ2) is 4.88. The van der Waals surface area contributed by atoms with Crippen molar-refractivity contribution in [1.82, 2.24) is 9.97 Å². The van der Waals surface area contributed by atoms with E-state index in [-0.39, 0.29) is 17.3 Å². The number of rotatable bonds is 2. The van der Waals surface area contributed by atoms with Crippen molar-refractivity contribution >= 4 is 16.8 Å². The molecule has 1 saturated heterocycles. The number of Topliss-reactive ketones (excluding diaryl/α,β-unsaturated/α-hetero) is 1. The molecule has 0 N–H and O–H groups in total. The van der Waals surface area contributed by atoms with Crippen LogP contribution in [-0.4, -0.2) is 28.0 Å². The first-order valence-electron chi connectivity index (χ1n) is 7.65. The molecule has 1 aromatic carbocycles. The Bertz CT molecular complexity index is 689. The van der Waals surface area contributed by atoms with E-state index in [0.717, 1.165) is 36.7 Å². The second-order valence-corrected chi connectivity index (χ2v) is 6.17. The van der Waals surface area contributed by atoms with Gasteiger partial charge in [0, 0.05) is 30.5 Å². The molecule has 2 aliphatic rings. The van der Waals surface area contributed by atoms with Gasteiger partial charge in [-0.15, -0.1) is 0 Å². The van der Waals surface area contributed by atoms with E-state index < -0.39 is 0 Å². The third kappa shape index (κ3) is 2.14. The van der Waals surface area contributed by atoms with E-state index in [1.54, 1.807) is 12.4 Å². The number of hydrogen-bond donors (Lipinski definition) is 0. The molecular weight excluding hydrogens is 264 g/mol. The Hall–Kier alpha value is -1.81. The average Bonchev–Trinajstić information content (AvgIpc) is 2.52. The number of hydrogen-bond acceptors (Lipinski definition) is 4. The predicted octanol–water partition coefficient (Wildman–Crippen LogP) is 3.16. The fraction of sp³-hybridized carbons (Fsp3) is 0.471. The van der Waals surface area contributed by atoms with E-state index in [2.05, 4.69) is 9.97 Å². The van der Waals surface area contributed by atoms with Crippen LogP contribution in [0.15, 0.2) is 30.6 Å². The molecule has 2 fully saturated rings. The average molecular weight is 282 g/mol. The maximum Gasteiger partial charge on any atom is 0.168 e. The van der Waals surface area contributed by atoms with Gasteiger partial charge in [-0.25, -0.2) is 0 Å². The molecule has 1 aliphatic heterocycles. The van der Waals surface area contributed by atoms with Crippen LogP contribution in [0, 0.1) is 5.92 Å². The minimum atomic E-state index is -0.00512. The van der Waals surface area contributed by atoms with Crippen molar-refractivity contribution in [2.45, 2.75) is 37.7 Å². The second-order valence-electron chi connectivity index (χ2n) is 6.17. The zero-order valence-corrected chi connectivity index (χ0v) is 11.9. The van der Waals surface area contributed by atoms with Gasteiger partial charge in [-0.1, -0.05) is 6.07 Å². The number of benzene rings is 1. The highest BCUT2D eigenvalue weighted by Gasteiger charge is 2.44. The summed E-state index contributed by atoms with van der Waals surface area (Å²) >= 11 is 0. The number of carbonyl (C=O) groups excluding carboxylic acids is 1. The molecule has 1 spiro atoms. The first-order valence-corrected chi connectivity index (χ1v) is 7.65. The molecule has 0 bridgehead atoms. The molecule has 4 heteroatoms. The van der Waals surface area contributed by atoms with Crippen LogP contribution in [0.4, 0.5) is 0 Å². The third-order valence-corrected chi connectivity index (χ3v) is 4.89. The van der Waals surface area contributed by atoms with E-state index in [9.17, 15) is 4.79 Å². The van der Waals surface area contributed by atoms with Crippen LogP contribution in [0.25, 0.3) is 11.0 Å². The van der Waals surface area contributed by atoms with Crippen molar-refractivity contribution < 1.29 is 9.53 Å². The fourth-order valence-corrected chi connectivity index (χ4v) is 3.58.